The van der Waals surface area contributed by atoms with Crippen molar-refractivity contribution in [2.24, 2.45) is 0 Å². The highest BCUT2D eigenvalue weighted by molar-refractivity contribution is 7.54. The van der Waals surface area contributed by atoms with E-state index in [1.807, 2.05) is 6.92 Å². The third kappa shape index (κ3) is 2.81. The van der Waals surface area contributed by atoms with Gasteiger partial charge in [0.25, 0.3) is 4.83 Å². The Kier molecular flexibility index (Phi) is 4.07. The van der Waals surface area contributed by atoms with Gasteiger partial charge in [-0.3, -0.25) is 4.98 Å². The second-order valence-corrected chi connectivity index (χ2v) is 8.07. The maximum atomic E-state index is 12.8. The molecule has 1 aliphatic heterocycles. The number of carbonyl (C=O) groups is 2. The molecular weight excluding hydrogens is 406 g/mol. The molecule has 2 amide bonds. The number of nitrogens with zero attached hydrogens (tertiary/aromatic N) is 4. The van der Waals surface area contributed by atoms with Gasteiger partial charge in [0.2, 0.25) is 0 Å². The van der Waals surface area contributed by atoms with Crippen molar-refractivity contribution in [3.05, 3.63) is 60.0 Å². The lowest BCUT2D eigenvalue weighted by Gasteiger charge is -2.26. The Morgan fingerprint density at radius 3 is 2.77 bits per heavy atom. The molecule has 1 aliphatic rings. The summed E-state index contributed by atoms with van der Waals surface area (Å²) in [6.45, 7) is 1.84. The van der Waals surface area contributed by atoms with Gasteiger partial charge in [-0.25, -0.2) is 19.7 Å². The van der Waals surface area contributed by atoms with Crippen LogP contribution in [0.4, 0.5) is 26.8 Å². The number of nitrogens with one attached hydrogen (secondary N) is 1. The van der Waals surface area contributed by atoms with Crippen LogP contribution in [0.2, 0.25) is 0 Å². The molecule has 0 aromatic carbocycles. The Balaban J connectivity index is 1.53. The molecule has 148 valence electrons. The summed E-state index contributed by atoms with van der Waals surface area (Å²) in [6.07, 6.45) is 4.66. The minimum atomic E-state index is -1.32. The number of aromatic nitrogens is 3. The van der Waals surface area contributed by atoms with Crippen LogP contribution in [0.15, 0.2) is 54.3 Å². The minimum absolute atomic E-state index is 0.357. The molecule has 0 spiro atoms. The monoisotopic (exact) mass is 419 g/mol. The van der Waals surface area contributed by atoms with E-state index in [9.17, 15) is 14.7 Å². The fourth-order valence-electron chi connectivity index (χ4n) is 3.27. The first-order chi connectivity index (χ1) is 14.5. The molecule has 0 saturated heterocycles. The van der Waals surface area contributed by atoms with Gasteiger partial charge in [0.15, 0.2) is 5.38 Å². The summed E-state index contributed by atoms with van der Waals surface area (Å²) in [4.78, 5) is 38.7. The van der Waals surface area contributed by atoms with Crippen LogP contribution in [0.1, 0.15) is 5.69 Å². The molecule has 4 aromatic rings. The van der Waals surface area contributed by atoms with Crippen molar-refractivity contribution in [1.82, 2.24) is 15.0 Å². The third-order valence-corrected chi connectivity index (χ3v) is 6.17. The molecular formula is C20H13N5O4S. The van der Waals surface area contributed by atoms with E-state index in [0.29, 0.717) is 38.9 Å². The lowest BCUT2D eigenvalue weighted by Crippen LogP contribution is -2.34. The number of hydrogen-bond donors (Lipinski definition) is 1. The lowest BCUT2D eigenvalue weighted by molar-refractivity contribution is -0.233. The zero-order chi connectivity index (χ0) is 20.8. The summed E-state index contributed by atoms with van der Waals surface area (Å²) < 4.78 is 5.80. The topological polar surface area (TPSA) is 120 Å². The first-order valence-electron chi connectivity index (χ1n) is 8.85. The molecule has 5 heterocycles. The molecule has 9 nitrogen and oxygen atoms in total. The maximum absolute atomic E-state index is 12.8. The minimum Gasteiger partial charge on any atom is -0.500 e. The first-order valence-corrected chi connectivity index (χ1v) is 10.1. The van der Waals surface area contributed by atoms with Crippen LogP contribution in [-0.2, 0) is 0 Å². The average Bonchev–Trinajstić information content (AvgIpc) is 3.11. The molecule has 5 rings (SSSR count). The molecule has 0 radical (unpaired) electrons. The fourth-order valence-corrected chi connectivity index (χ4v) is 4.66. The summed E-state index contributed by atoms with van der Waals surface area (Å²) >= 11 is 0. The zero-order valence-electron chi connectivity index (χ0n) is 15.5. The molecule has 10 heteroatoms. The lowest BCUT2D eigenvalue weighted by atomic mass is 10.2. The number of hydrogen-bond acceptors (Lipinski definition) is 7. The average molecular weight is 419 g/mol. The highest BCUT2D eigenvalue weighted by Crippen LogP contribution is 2.46. The molecule has 0 fully saturated rings. The van der Waals surface area contributed by atoms with Crippen LogP contribution in [0.3, 0.4) is 0 Å². The van der Waals surface area contributed by atoms with Gasteiger partial charge < -0.3 is 20.0 Å². The predicted octanol–water partition coefficient (Wildman–Crippen LogP) is 3.75. The van der Waals surface area contributed by atoms with E-state index in [4.69, 9.17) is 4.74 Å². The predicted molar refractivity (Wildman–Crippen MR) is 109 cm³/mol. The highest BCUT2D eigenvalue weighted by Gasteiger charge is 2.34. The summed E-state index contributed by atoms with van der Waals surface area (Å²) in [5.41, 5.74) is 1.68. The molecule has 1 atom stereocenters. The Morgan fingerprint density at radius 2 is 2.03 bits per heavy atom. The van der Waals surface area contributed by atoms with Crippen LogP contribution in [0.25, 0.3) is 10.2 Å². The number of thiophene rings is 1. The Morgan fingerprint density at radius 1 is 1.17 bits per heavy atom. The van der Waals surface area contributed by atoms with Crippen molar-refractivity contribution in [2.45, 2.75) is 6.92 Å². The molecule has 4 aromatic heterocycles. The van der Waals surface area contributed by atoms with E-state index in [1.165, 1.54) is 22.7 Å². The molecule has 0 bridgehead atoms. The van der Waals surface area contributed by atoms with E-state index in [-0.39, 0.29) is 0 Å². The van der Waals surface area contributed by atoms with E-state index in [2.05, 4.69) is 20.3 Å². The number of carbonyl (C=O) groups excluding carboxylic acids is 2. The van der Waals surface area contributed by atoms with Gasteiger partial charge in [0.05, 0.1) is 28.0 Å². The van der Waals surface area contributed by atoms with Crippen LogP contribution in [0, 0.1) is 6.92 Å². The van der Waals surface area contributed by atoms with Gasteiger partial charge in [0, 0.05) is 12.4 Å². The third-order valence-electron chi connectivity index (χ3n) is 4.61. The van der Waals surface area contributed by atoms with Crippen LogP contribution in [-0.4, -0.2) is 26.3 Å². The largest absolute Gasteiger partial charge is 0.500 e. The molecule has 0 saturated carbocycles. The summed E-state index contributed by atoms with van der Waals surface area (Å²) in [5, 5.41) is 15.0. The van der Waals surface area contributed by atoms with E-state index < -0.39 is 21.8 Å². The Hall–Kier alpha value is -4.05. The van der Waals surface area contributed by atoms with Gasteiger partial charge in [-0.2, -0.15) is 0 Å². The normalized spacial score (nSPS) is 13.3. The van der Waals surface area contributed by atoms with Crippen molar-refractivity contribution in [3.63, 3.8) is 0 Å². The Labute approximate surface area is 172 Å². The van der Waals surface area contributed by atoms with E-state index in [0.717, 1.165) is 5.69 Å². The quantitative estimate of drug-likeness (QED) is 0.500. The number of carboxylic acid groups (broad SMARTS) is 1. The number of amides is 2. The van der Waals surface area contributed by atoms with E-state index in [1.54, 1.807) is 36.5 Å². The van der Waals surface area contributed by atoms with Gasteiger partial charge in [-0.15, -0.1) is 0 Å². The van der Waals surface area contributed by atoms with Gasteiger partial charge in [0.1, 0.15) is 28.4 Å². The van der Waals surface area contributed by atoms with Gasteiger partial charge >= 0.3 is 11.3 Å². The van der Waals surface area contributed by atoms with Crippen molar-refractivity contribution in [2.75, 3.05) is 10.2 Å². The maximum Gasteiger partial charge on any atom is 0.332 e. The van der Waals surface area contributed by atoms with Crippen molar-refractivity contribution in [1.29, 1.82) is 0 Å². The van der Waals surface area contributed by atoms with Crippen LogP contribution >= 0.6 is 10.5 Å². The van der Waals surface area contributed by atoms with Crippen molar-refractivity contribution in [3.8, 4) is 11.5 Å². The Bertz CT molecular complexity index is 1320. The molecule has 1 unspecified atom stereocenters. The smallest absolute Gasteiger partial charge is 0.332 e. The van der Waals surface area contributed by atoms with Gasteiger partial charge in [-0.05, 0) is 37.3 Å². The fraction of sp³-hybridized carbons (Fsp3) is 0.0500. The number of ether oxygens (including phenoxy) is 1. The molecule has 30 heavy (non-hydrogen) atoms. The molecule has 1 N–H and O–H groups in total. The SMILES string of the molecule is Cc1ncccc1Oc1ccc(N2C(=O)Nc3c[s+](C(=O)[O-])c4nccc2c34)nc1. The van der Waals surface area contributed by atoms with E-state index >= 15 is 0 Å². The highest BCUT2D eigenvalue weighted by atomic mass is 32.2. The number of aryl methyl sites for hydroxylation is 1. The standard InChI is InChI=1S/C20H13N5O4S/c1-11-15(3-2-7-21-11)29-12-4-5-16(23-9-12)25-14-6-8-22-18-17(14)13(24-19(25)26)10-30(18)20(27)28/h2-10H,1H3,(H-,24,26,27,28). The second kappa shape index (κ2) is 6.78. The zero-order valence-corrected chi connectivity index (χ0v) is 16.3. The van der Waals surface area contributed by atoms with Crippen molar-refractivity contribution >= 4 is 49.2 Å². The summed E-state index contributed by atoms with van der Waals surface area (Å²) in [6, 6.07) is 8.13. The summed E-state index contributed by atoms with van der Waals surface area (Å²) in [7, 11) is -1.32. The number of pyridine rings is 3. The summed E-state index contributed by atoms with van der Waals surface area (Å²) in [5.74, 6) is 1.46. The number of urea groups is 1. The number of rotatable bonds is 4. The second-order valence-electron chi connectivity index (χ2n) is 6.44. The van der Waals surface area contributed by atoms with Crippen LogP contribution < -0.4 is 20.1 Å². The van der Waals surface area contributed by atoms with Crippen LogP contribution in [0.5, 0.6) is 11.5 Å². The number of anilines is 3. The van der Waals surface area contributed by atoms with Gasteiger partial charge in [-0.1, -0.05) is 0 Å². The first kappa shape index (κ1) is 18.0. The van der Waals surface area contributed by atoms with Crippen molar-refractivity contribution < 1.29 is 19.4 Å². The molecule has 0 aliphatic carbocycles.